The van der Waals surface area contributed by atoms with Crippen LogP contribution in [0.25, 0.3) is 0 Å². The summed E-state index contributed by atoms with van der Waals surface area (Å²) in [7, 11) is 0.599. The summed E-state index contributed by atoms with van der Waals surface area (Å²) in [5.74, 6) is -2.05. The number of hydrogen-bond acceptors (Lipinski definition) is 2. The molecule has 0 saturated carbocycles. The van der Waals surface area contributed by atoms with Crippen LogP contribution in [0.1, 0.15) is 0 Å². The van der Waals surface area contributed by atoms with Gasteiger partial charge in [0, 0.05) is 10.7 Å². The van der Waals surface area contributed by atoms with Crippen molar-refractivity contribution in [1.29, 1.82) is 0 Å². The normalized spacial score (nSPS) is 11.8. The fraction of sp³-hybridized carbons (Fsp3) is 0. The molecule has 0 aromatic heterocycles. The van der Waals surface area contributed by atoms with Gasteiger partial charge >= 0.3 is 0 Å². The minimum atomic E-state index is -4.33. The van der Waals surface area contributed by atoms with Crippen LogP contribution < -0.4 is 0 Å². The van der Waals surface area contributed by atoms with E-state index in [-0.39, 0.29) is 4.47 Å². The van der Waals surface area contributed by atoms with Gasteiger partial charge < -0.3 is 0 Å². The highest BCUT2D eigenvalue weighted by atomic mass is 79.9. The third-order valence-corrected chi connectivity index (χ3v) is 4.26. The van der Waals surface area contributed by atoms with Gasteiger partial charge in [-0.25, -0.2) is 17.2 Å². The van der Waals surface area contributed by atoms with Crippen LogP contribution in [0.4, 0.5) is 8.78 Å². The summed E-state index contributed by atoms with van der Waals surface area (Å²) < 4.78 is 47.2. The van der Waals surface area contributed by atoms with Crippen LogP contribution in [-0.2, 0) is 9.05 Å². The van der Waals surface area contributed by atoms with Gasteiger partial charge in [0.15, 0.2) is 5.82 Å². The van der Waals surface area contributed by atoms with Gasteiger partial charge in [-0.2, -0.15) is 0 Å². The molecule has 0 aliphatic heterocycles. The van der Waals surface area contributed by atoms with Crippen molar-refractivity contribution < 1.29 is 17.2 Å². The van der Waals surface area contributed by atoms with Crippen molar-refractivity contribution in [3.63, 3.8) is 0 Å². The molecular weight excluding hydrogens is 369 g/mol. The van der Waals surface area contributed by atoms with Gasteiger partial charge in [0.2, 0.25) is 0 Å². The molecule has 0 fully saturated rings. The van der Waals surface area contributed by atoms with Crippen LogP contribution in [0.2, 0.25) is 0 Å². The van der Waals surface area contributed by atoms with Gasteiger partial charge in [-0.05, 0) is 37.9 Å². The molecule has 1 aromatic carbocycles. The minimum Gasteiger partial charge on any atom is -0.207 e. The van der Waals surface area contributed by atoms with Crippen LogP contribution in [0.5, 0.6) is 0 Å². The van der Waals surface area contributed by atoms with Gasteiger partial charge in [-0.1, -0.05) is 0 Å². The summed E-state index contributed by atoms with van der Waals surface area (Å²) in [6, 6.07) is 0.797. The first kappa shape index (κ1) is 12.4. The summed E-state index contributed by atoms with van der Waals surface area (Å²) in [6.07, 6.45) is 0. The molecule has 0 spiro atoms. The zero-order valence-corrected chi connectivity index (χ0v) is 10.9. The van der Waals surface area contributed by atoms with E-state index < -0.39 is 30.1 Å². The zero-order valence-electron chi connectivity index (χ0n) is 6.19. The molecule has 0 heterocycles. The lowest BCUT2D eigenvalue weighted by molar-refractivity contribution is 0.548. The first-order chi connectivity index (χ1) is 6.25. The molecule has 0 unspecified atom stereocenters. The highest BCUT2D eigenvalue weighted by Crippen LogP contribution is 2.34. The lowest BCUT2D eigenvalue weighted by Gasteiger charge is -2.04. The van der Waals surface area contributed by atoms with E-state index in [9.17, 15) is 17.2 Å². The number of hydrogen-bond donors (Lipinski definition) is 0. The maximum absolute atomic E-state index is 13.2. The molecule has 0 radical (unpaired) electrons. The Morgan fingerprint density at radius 3 is 2.21 bits per heavy atom. The van der Waals surface area contributed by atoms with Crippen LogP contribution >= 0.6 is 42.5 Å². The average molecular weight is 370 g/mol. The van der Waals surface area contributed by atoms with Crippen LogP contribution in [0, 0.1) is 11.6 Å². The third kappa shape index (κ3) is 2.26. The van der Waals surface area contributed by atoms with Gasteiger partial charge in [-0.15, -0.1) is 0 Å². The van der Waals surface area contributed by atoms with Crippen LogP contribution in [-0.4, -0.2) is 8.42 Å². The predicted molar refractivity (Wildman–Crippen MR) is 54.8 cm³/mol. The van der Waals surface area contributed by atoms with Crippen molar-refractivity contribution in [3.05, 3.63) is 26.6 Å². The molecule has 2 nitrogen and oxygen atoms in total. The average Bonchev–Trinajstić information content (AvgIpc) is 1.98. The molecule has 1 aromatic rings. The van der Waals surface area contributed by atoms with Crippen molar-refractivity contribution in [2.75, 3.05) is 0 Å². The Kier molecular flexibility index (Phi) is 3.56. The van der Waals surface area contributed by atoms with Crippen LogP contribution in [0.3, 0.4) is 0 Å². The number of halogens is 5. The van der Waals surface area contributed by atoms with Crippen molar-refractivity contribution in [2.24, 2.45) is 0 Å². The summed E-state index contributed by atoms with van der Waals surface area (Å²) in [4.78, 5) is -0.911. The molecule has 8 heteroatoms. The largest absolute Gasteiger partial charge is 0.265 e. The van der Waals surface area contributed by atoms with Crippen molar-refractivity contribution in [2.45, 2.75) is 4.90 Å². The van der Waals surface area contributed by atoms with E-state index >= 15 is 0 Å². The smallest absolute Gasteiger partial charge is 0.207 e. The first-order valence-corrected chi connectivity index (χ1v) is 6.92. The lowest BCUT2D eigenvalue weighted by atomic mass is 10.3. The molecule has 0 N–H and O–H groups in total. The van der Waals surface area contributed by atoms with Gasteiger partial charge in [0.05, 0.1) is 8.95 Å². The third-order valence-electron chi connectivity index (χ3n) is 1.32. The van der Waals surface area contributed by atoms with E-state index in [1.807, 2.05) is 0 Å². The maximum Gasteiger partial charge on any atom is 0.265 e. The summed E-state index contributed by atoms with van der Waals surface area (Å²) >= 11 is 5.27. The van der Waals surface area contributed by atoms with Crippen molar-refractivity contribution >= 4 is 51.6 Å². The highest BCUT2D eigenvalue weighted by Gasteiger charge is 2.25. The molecule has 0 aliphatic rings. The SMILES string of the molecule is O=S(=O)(Cl)c1c(F)c(Br)cc(F)c1Br. The van der Waals surface area contributed by atoms with E-state index in [1.165, 1.54) is 0 Å². The van der Waals surface area contributed by atoms with Crippen molar-refractivity contribution in [1.82, 2.24) is 0 Å². The first-order valence-electron chi connectivity index (χ1n) is 3.03. The van der Waals surface area contributed by atoms with E-state index in [0.717, 1.165) is 6.07 Å². The summed E-state index contributed by atoms with van der Waals surface area (Å²) in [5.41, 5.74) is 0. The van der Waals surface area contributed by atoms with Gasteiger partial charge in [-0.3, -0.25) is 0 Å². The van der Waals surface area contributed by atoms with E-state index in [1.54, 1.807) is 0 Å². The fourth-order valence-electron chi connectivity index (χ4n) is 0.765. The Labute approximate surface area is 99.9 Å². The topological polar surface area (TPSA) is 34.1 Å². The standard InChI is InChI=1S/C6HBr2ClF2O2S/c7-2-1-3(10)4(8)6(5(2)11)14(9,12)13/h1H. The number of benzene rings is 1. The predicted octanol–water partition coefficient (Wildman–Crippen LogP) is 3.42. The quantitative estimate of drug-likeness (QED) is 0.561. The maximum atomic E-state index is 13.2. The Balaban J connectivity index is 3.74. The van der Waals surface area contributed by atoms with E-state index in [0.29, 0.717) is 0 Å². The van der Waals surface area contributed by atoms with Gasteiger partial charge in [0.25, 0.3) is 9.05 Å². The monoisotopic (exact) mass is 368 g/mol. The Morgan fingerprint density at radius 2 is 1.79 bits per heavy atom. The molecule has 78 valence electrons. The second-order valence-electron chi connectivity index (χ2n) is 2.24. The fourth-order valence-corrected chi connectivity index (χ4v) is 3.57. The Hall–Kier alpha value is 0.280. The Morgan fingerprint density at radius 1 is 1.29 bits per heavy atom. The van der Waals surface area contributed by atoms with E-state index in [4.69, 9.17) is 10.7 Å². The molecule has 0 bridgehead atoms. The molecule has 1 rings (SSSR count). The lowest BCUT2D eigenvalue weighted by Crippen LogP contribution is -2.00. The zero-order chi connectivity index (χ0) is 11.1. The summed E-state index contributed by atoms with van der Waals surface area (Å²) in [5, 5.41) is 0. The van der Waals surface area contributed by atoms with Crippen LogP contribution in [0.15, 0.2) is 19.9 Å². The molecule has 0 atom stereocenters. The minimum absolute atomic E-state index is 0.308. The Bertz CT molecular complexity index is 463. The van der Waals surface area contributed by atoms with Gasteiger partial charge in [0.1, 0.15) is 10.7 Å². The second-order valence-corrected chi connectivity index (χ2v) is 6.39. The number of rotatable bonds is 1. The second kappa shape index (κ2) is 4.03. The van der Waals surface area contributed by atoms with Crippen molar-refractivity contribution in [3.8, 4) is 0 Å². The molecule has 0 aliphatic carbocycles. The molecule has 0 saturated heterocycles. The molecule has 0 amide bonds. The van der Waals surface area contributed by atoms with E-state index in [2.05, 4.69) is 31.9 Å². The molecular formula is C6HBr2ClF2O2S. The molecule has 14 heavy (non-hydrogen) atoms. The highest BCUT2D eigenvalue weighted by molar-refractivity contribution is 9.11. The summed E-state index contributed by atoms with van der Waals surface area (Å²) in [6.45, 7) is 0.